The lowest BCUT2D eigenvalue weighted by molar-refractivity contribution is -0.121. The molecule has 0 spiro atoms. The average molecular weight is 331 g/mol. The van der Waals surface area contributed by atoms with Crippen LogP contribution in [0.4, 0.5) is 4.79 Å². The standard InChI is InChI=1S/C15H17N5O2S/c1-8-3-4-9(2)11(5-8)20-12(18-19-15(20)23)6-10-7-13(21)17-14(22)16-10/h3-5,10H,6-7H2,1-2H3,(H,19,23)(H2,16,17,21,22). The Morgan fingerprint density at radius 1 is 1.35 bits per heavy atom. The molecule has 0 radical (unpaired) electrons. The summed E-state index contributed by atoms with van der Waals surface area (Å²) in [6.45, 7) is 4.02. The molecule has 0 aliphatic carbocycles. The maximum atomic E-state index is 11.5. The van der Waals surface area contributed by atoms with Crippen molar-refractivity contribution in [2.24, 2.45) is 0 Å². The van der Waals surface area contributed by atoms with Gasteiger partial charge in [0.15, 0.2) is 4.77 Å². The molecule has 1 aliphatic rings. The van der Waals surface area contributed by atoms with Gasteiger partial charge in [-0.25, -0.2) is 4.79 Å². The van der Waals surface area contributed by atoms with Gasteiger partial charge in [0.05, 0.1) is 5.69 Å². The number of rotatable bonds is 3. The number of nitrogens with one attached hydrogen (secondary N) is 3. The molecule has 3 N–H and O–H groups in total. The normalized spacial score (nSPS) is 17.7. The molecule has 3 rings (SSSR count). The Morgan fingerprint density at radius 3 is 2.87 bits per heavy atom. The molecule has 1 fully saturated rings. The van der Waals surface area contributed by atoms with Gasteiger partial charge in [0.25, 0.3) is 0 Å². The summed E-state index contributed by atoms with van der Waals surface area (Å²) in [7, 11) is 0. The molecule has 1 unspecified atom stereocenters. The lowest BCUT2D eigenvalue weighted by Gasteiger charge is -2.23. The second-order valence-electron chi connectivity index (χ2n) is 5.70. The van der Waals surface area contributed by atoms with Gasteiger partial charge in [-0.05, 0) is 43.3 Å². The van der Waals surface area contributed by atoms with Gasteiger partial charge in [-0.2, -0.15) is 5.10 Å². The molecule has 1 saturated heterocycles. The van der Waals surface area contributed by atoms with Crippen LogP contribution in [0.25, 0.3) is 5.69 Å². The number of urea groups is 1. The third-order valence-electron chi connectivity index (χ3n) is 3.80. The molecule has 2 aromatic rings. The molecule has 1 atom stereocenters. The third-order valence-corrected chi connectivity index (χ3v) is 4.07. The van der Waals surface area contributed by atoms with Crippen LogP contribution in [0.15, 0.2) is 18.2 Å². The van der Waals surface area contributed by atoms with E-state index in [1.807, 2.05) is 36.6 Å². The van der Waals surface area contributed by atoms with Crippen molar-refractivity contribution in [1.29, 1.82) is 0 Å². The summed E-state index contributed by atoms with van der Waals surface area (Å²) in [5.74, 6) is 0.398. The number of hydrogen-bond acceptors (Lipinski definition) is 4. The Balaban J connectivity index is 1.96. The zero-order valence-electron chi connectivity index (χ0n) is 12.8. The molecule has 1 aromatic carbocycles. The van der Waals surface area contributed by atoms with Gasteiger partial charge in [0.2, 0.25) is 5.91 Å². The van der Waals surface area contributed by atoms with E-state index in [0.29, 0.717) is 17.0 Å². The first kappa shape index (κ1) is 15.4. The number of benzene rings is 1. The third kappa shape index (κ3) is 3.16. The lowest BCUT2D eigenvalue weighted by atomic mass is 10.1. The molecule has 1 aliphatic heterocycles. The van der Waals surface area contributed by atoms with Crippen LogP contribution in [0, 0.1) is 18.6 Å². The first-order valence-corrected chi connectivity index (χ1v) is 7.69. The van der Waals surface area contributed by atoms with Gasteiger partial charge in [-0.1, -0.05) is 12.1 Å². The predicted octanol–water partition coefficient (Wildman–Crippen LogP) is 1.69. The van der Waals surface area contributed by atoms with Crippen molar-refractivity contribution in [3.63, 3.8) is 0 Å². The minimum absolute atomic E-state index is 0.220. The molecule has 2 heterocycles. The van der Waals surface area contributed by atoms with Crippen molar-refractivity contribution in [2.45, 2.75) is 32.7 Å². The summed E-state index contributed by atoms with van der Waals surface area (Å²) in [5.41, 5.74) is 3.13. The zero-order chi connectivity index (χ0) is 16.6. The monoisotopic (exact) mass is 331 g/mol. The number of imide groups is 1. The Morgan fingerprint density at radius 2 is 2.13 bits per heavy atom. The molecule has 0 saturated carbocycles. The lowest BCUT2D eigenvalue weighted by Crippen LogP contribution is -2.53. The summed E-state index contributed by atoms with van der Waals surface area (Å²) >= 11 is 5.35. The number of carbonyl (C=O) groups is 2. The fourth-order valence-electron chi connectivity index (χ4n) is 2.69. The predicted molar refractivity (Wildman–Crippen MR) is 87.0 cm³/mol. The fraction of sp³-hybridized carbons (Fsp3) is 0.333. The average Bonchev–Trinajstić information content (AvgIpc) is 2.81. The van der Waals surface area contributed by atoms with Gasteiger partial charge in [0.1, 0.15) is 5.82 Å². The van der Waals surface area contributed by atoms with Crippen molar-refractivity contribution in [1.82, 2.24) is 25.4 Å². The number of H-pyrrole nitrogens is 1. The SMILES string of the molecule is Cc1ccc(C)c(-n2c(CC3CC(=O)NC(=O)N3)n[nH]c2=S)c1. The van der Waals surface area contributed by atoms with Gasteiger partial charge >= 0.3 is 6.03 Å². The molecule has 23 heavy (non-hydrogen) atoms. The molecular formula is C15H17N5O2S. The molecule has 0 bridgehead atoms. The van der Waals surface area contributed by atoms with E-state index in [1.165, 1.54) is 0 Å². The number of nitrogens with zero attached hydrogens (tertiary/aromatic N) is 2. The maximum Gasteiger partial charge on any atom is 0.321 e. The summed E-state index contributed by atoms with van der Waals surface area (Å²) < 4.78 is 2.34. The summed E-state index contributed by atoms with van der Waals surface area (Å²) in [4.78, 5) is 22.9. The number of amides is 3. The van der Waals surface area contributed by atoms with Crippen LogP contribution in [0.2, 0.25) is 0 Å². The Hall–Kier alpha value is -2.48. The number of aryl methyl sites for hydroxylation is 2. The highest BCUT2D eigenvalue weighted by molar-refractivity contribution is 7.71. The molecule has 1 aromatic heterocycles. The zero-order valence-corrected chi connectivity index (χ0v) is 13.7. The van der Waals surface area contributed by atoms with Crippen LogP contribution >= 0.6 is 12.2 Å². The van der Waals surface area contributed by atoms with Crippen LogP contribution < -0.4 is 10.6 Å². The van der Waals surface area contributed by atoms with Gasteiger partial charge in [-0.3, -0.25) is 19.8 Å². The van der Waals surface area contributed by atoms with E-state index in [0.717, 1.165) is 16.8 Å². The van der Waals surface area contributed by atoms with Crippen LogP contribution in [0.3, 0.4) is 0 Å². The number of carbonyl (C=O) groups excluding carboxylic acids is 2. The van der Waals surface area contributed by atoms with Crippen molar-refractivity contribution >= 4 is 24.2 Å². The smallest absolute Gasteiger partial charge is 0.321 e. The minimum Gasteiger partial charge on any atom is -0.334 e. The number of hydrogen-bond donors (Lipinski definition) is 3. The second-order valence-corrected chi connectivity index (χ2v) is 6.08. The van der Waals surface area contributed by atoms with Crippen LogP contribution in [-0.2, 0) is 11.2 Å². The van der Waals surface area contributed by atoms with E-state index >= 15 is 0 Å². The molecule has 120 valence electrons. The van der Waals surface area contributed by atoms with Gasteiger partial charge in [0, 0.05) is 18.9 Å². The van der Waals surface area contributed by atoms with E-state index in [-0.39, 0.29) is 18.4 Å². The van der Waals surface area contributed by atoms with Gasteiger partial charge in [-0.15, -0.1) is 0 Å². The largest absolute Gasteiger partial charge is 0.334 e. The van der Waals surface area contributed by atoms with Crippen molar-refractivity contribution in [2.75, 3.05) is 0 Å². The van der Waals surface area contributed by atoms with Crippen molar-refractivity contribution in [3.8, 4) is 5.69 Å². The van der Waals surface area contributed by atoms with E-state index in [2.05, 4.69) is 20.8 Å². The van der Waals surface area contributed by atoms with Gasteiger partial charge < -0.3 is 5.32 Å². The Kier molecular flexibility index (Phi) is 3.99. The van der Waals surface area contributed by atoms with Crippen LogP contribution in [-0.4, -0.2) is 32.7 Å². The summed E-state index contributed by atoms with van der Waals surface area (Å²) in [6, 6.07) is 5.33. The maximum absolute atomic E-state index is 11.5. The van der Waals surface area contributed by atoms with Crippen molar-refractivity contribution in [3.05, 3.63) is 39.9 Å². The minimum atomic E-state index is -0.473. The Bertz CT molecular complexity index is 823. The highest BCUT2D eigenvalue weighted by atomic mass is 32.1. The van der Waals surface area contributed by atoms with Crippen molar-refractivity contribution < 1.29 is 9.59 Å². The molecule has 3 amide bonds. The Labute approximate surface area is 138 Å². The number of aromatic amines is 1. The highest BCUT2D eigenvalue weighted by Gasteiger charge is 2.26. The summed E-state index contributed by atoms with van der Waals surface area (Å²) in [6.07, 6.45) is 0.637. The van der Waals surface area contributed by atoms with E-state index in [9.17, 15) is 9.59 Å². The highest BCUT2D eigenvalue weighted by Crippen LogP contribution is 2.19. The summed E-state index contributed by atoms with van der Waals surface area (Å²) in [5, 5.41) is 12.0. The van der Waals surface area contributed by atoms with E-state index < -0.39 is 6.03 Å². The molecular weight excluding hydrogens is 314 g/mol. The first-order chi connectivity index (χ1) is 10.9. The van der Waals surface area contributed by atoms with Crippen LogP contribution in [0.1, 0.15) is 23.4 Å². The molecule has 8 heteroatoms. The first-order valence-electron chi connectivity index (χ1n) is 7.28. The van der Waals surface area contributed by atoms with E-state index in [4.69, 9.17) is 12.2 Å². The van der Waals surface area contributed by atoms with Crippen LogP contribution in [0.5, 0.6) is 0 Å². The number of aromatic nitrogens is 3. The fourth-order valence-corrected chi connectivity index (χ4v) is 2.94. The molecule has 7 nitrogen and oxygen atoms in total. The van der Waals surface area contributed by atoms with E-state index in [1.54, 1.807) is 0 Å². The second kappa shape index (κ2) is 5.96. The quantitative estimate of drug-likeness (QED) is 0.746. The topological polar surface area (TPSA) is 91.8 Å².